The Morgan fingerprint density at radius 2 is 1.94 bits per heavy atom. The van der Waals surface area contributed by atoms with Crippen LogP contribution in [0.15, 0.2) is 0 Å². The predicted octanol–water partition coefficient (Wildman–Crippen LogP) is 2.97. The van der Waals surface area contributed by atoms with E-state index in [-0.39, 0.29) is 24.4 Å². The van der Waals surface area contributed by atoms with E-state index in [4.69, 9.17) is 9.26 Å². The van der Waals surface area contributed by atoms with Crippen molar-refractivity contribution in [2.75, 3.05) is 20.4 Å². The third-order valence-electron chi connectivity index (χ3n) is 2.48. The minimum absolute atomic E-state index is 0.0625. The highest BCUT2D eigenvalue weighted by Crippen LogP contribution is 2.40. The molecule has 0 aromatic heterocycles. The summed E-state index contributed by atoms with van der Waals surface area (Å²) in [6, 6.07) is 0. The molecule has 0 bridgehead atoms. The van der Waals surface area contributed by atoms with Gasteiger partial charge in [-0.1, -0.05) is 6.92 Å². The zero-order valence-electron chi connectivity index (χ0n) is 11.7. The number of carbonyl (C=O) groups excluding carboxylic acids is 1. The van der Waals surface area contributed by atoms with Gasteiger partial charge in [-0.25, -0.2) is 0 Å². The van der Waals surface area contributed by atoms with Crippen LogP contribution in [0.25, 0.3) is 0 Å². The summed E-state index contributed by atoms with van der Waals surface area (Å²) >= 11 is 0. The van der Waals surface area contributed by atoms with E-state index in [1.807, 2.05) is 13.8 Å². The topological polar surface area (TPSA) is 52.6 Å². The Kier molecular flexibility index (Phi) is 11.3. The third-order valence-corrected chi connectivity index (χ3v) is 3.18. The summed E-state index contributed by atoms with van der Waals surface area (Å²) < 4.78 is 21.7. The summed E-state index contributed by atoms with van der Waals surface area (Å²) in [5, 5.41) is 0. The molecule has 3 atom stereocenters. The van der Waals surface area contributed by atoms with Crippen molar-refractivity contribution in [3.05, 3.63) is 6.66 Å². The van der Waals surface area contributed by atoms with E-state index >= 15 is 0 Å². The second-order valence-corrected chi connectivity index (χ2v) is 6.39. The molecule has 106 valence electrons. The molecule has 4 nitrogen and oxygen atoms in total. The molecule has 0 unspecified atom stereocenters. The molecule has 0 aromatic carbocycles. The summed E-state index contributed by atoms with van der Waals surface area (Å²) in [5.74, 6) is 0.0972. The van der Waals surface area contributed by atoms with Crippen molar-refractivity contribution in [2.24, 2.45) is 5.92 Å². The van der Waals surface area contributed by atoms with Crippen LogP contribution in [0.2, 0.25) is 0 Å². The van der Waals surface area contributed by atoms with E-state index in [2.05, 4.69) is 19.5 Å². The van der Waals surface area contributed by atoms with E-state index in [0.29, 0.717) is 12.8 Å². The predicted molar refractivity (Wildman–Crippen MR) is 74.6 cm³/mol. The molecule has 5 heteroatoms. The van der Waals surface area contributed by atoms with Crippen molar-refractivity contribution in [2.45, 2.75) is 32.8 Å². The summed E-state index contributed by atoms with van der Waals surface area (Å²) in [7, 11) is -1.15. The Labute approximate surface area is 111 Å². The Morgan fingerprint density at radius 1 is 1.44 bits per heavy atom. The van der Waals surface area contributed by atoms with Crippen molar-refractivity contribution in [3.63, 3.8) is 0 Å². The maximum absolute atomic E-state index is 11.4. The van der Waals surface area contributed by atoms with Crippen molar-refractivity contribution in [3.8, 4) is 12.8 Å². The quantitative estimate of drug-likeness (QED) is 0.388. The van der Waals surface area contributed by atoms with Crippen molar-refractivity contribution < 1.29 is 18.6 Å². The van der Waals surface area contributed by atoms with Gasteiger partial charge in [0.25, 0.3) is 0 Å². The van der Waals surface area contributed by atoms with E-state index in [1.165, 1.54) is 6.66 Å². The number of terminal acetylenes is 1. The lowest BCUT2D eigenvalue weighted by atomic mass is 9.97. The summed E-state index contributed by atoms with van der Waals surface area (Å²) in [6.45, 7) is 8.84. The highest BCUT2D eigenvalue weighted by atomic mass is 31.2. The molecular weight excluding hydrogens is 251 g/mol. The van der Waals surface area contributed by atoms with E-state index in [9.17, 15) is 9.36 Å². The Hall–Kier alpha value is -0.620. The standard InChI is InChI=1S/C11H22O4P.C2H2/c1-6-11(12)7-10(9(2)14-3)8-15-16(4,5)13;1-2/h9-10H,4,6-8H2,1-3,5H3;1-2H/q-1;/t9-,10-,16-;/m1./s1. The molecular formula is C13H24O4P-. The van der Waals surface area contributed by atoms with E-state index in [0.717, 1.165) is 0 Å². The van der Waals surface area contributed by atoms with Crippen LogP contribution in [0.4, 0.5) is 0 Å². The van der Waals surface area contributed by atoms with Gasteiger partial charge in [-0.05, 0) is 13.6 Å². The van der Waals surface area contributed by atoms with Gasteiger partial charge in [-0.15, -0.1) is 12.8 Å². The van der Waals surface area contributed by atoms with Crippen molar-refractivity contribution in [1.29, 1.82) is 0 Å². The lowest BCUT2D eigenvalue weighted by Crippen LogP contribution is -2.26. The molecule has 0 aliphatic carbocycles. The maximum atomic E-state index is 11.4. The zero-order chi connectivity index (χ0) is 14.8. The molecule has 0 saturated heterocycles. The van der Waals surface area contributed by atoms with Crippen molar-refractivity contribution in [1.82, 2.24) is 0 Å². The summed E-state index contributed by atoms with van der Waals surface area (Å²) in [5.41, 5.74) is 0. The first kappa shape index (κ1) is 19.7. The molecule has 0 heterocycles. The van der Waals surface area contributed by atoms with Crippen LogP contribution < -0.4 is 0 Å². The first-order chi connectivity index (χ1) is 8.30. The average Bonchev–Trinajstić information content (AvgIpc) is 2.34. The van der Waals surface area contributed by atoms with Gasteiger partial charge in [0.1, 0.15) is 5.78 Å². The fraction of sp³-hybridized carbons (Fsp3) is 0.692. The number of ketones is 1. The highest BCUT2D eigenvalue weighted by molar-refractivity contribution is 7.59. The molecule has 0 fully saturated rings. The number of rotatable bonds is 8. The summed E-state index contributed by atoms with van der Waals surface area (Å²) in [4.78, 5) is 11.4. The molecule has 0 rings (SSSR count). The second-order valence-electron chi connectivity index (χ2n) is 4.11. The molecule has 0 radical (unpaired) electrons. The summed E-state index contributed by atoms with van der Waals surface area (Å²) in [6.07, 6.45) is 8.80. The maximum Gasteiger partial charge on any atom is 0.133 e. The number of carbonyl (C=O) groups is 1. The van der Waals surface area contributed by atoms with Crippen molar-refractivity contribution >= 4 is 13.2 Å². The van der Waals surface area contributed by atoms with Gasteiger partial charge < -0.3 is 13.8 Å². The van der Waals surface area contributed by atoms with Gasteiger partial charge in [0, 0.05) is 25.9 Å². The highest BCUT2D eigenvalue weighted by Gasteiger charge is 2.21. The van der Waals surface area contributed by atoms with Crippen LogP contribution in [-0.4, -0.2) is 32.3 Å². The monoisotopic (exact) mass is 275 g/mol. The molecule has 0 aromatic rings. The molecule has 0 spiro atoms. The molecule has 0 aliphatic rings. The lowest BCUT2D eigenvalue weighted by molar-refractivity contribution is -0.121. The average molecular weight is 275 g/mol. The van der Waals surface area contributed by atoms with Gasteiger partial charge in [0.05, 0.1) is 20.1 Å². The van der Waals surface area contributed by atoms with Crippen LogP contribution >= 0.6 is 7.37 Å². The molecule has 0 saturated carbocycles. The normalized spacial score (nSPS) is 16.8. The fourth-order valence-corrected chi connectivity index (χ4v) is 1.75. The number of hydrogen-bond acceptors (Lipinski definition) is 4. The van der Waals surface area contributed by atoms with Gasteiger partial charge in [0.15, 0.2) is 0 Å². The van der Waals surface area contributed by atoms with Gasteiger partial charge in [0.2, 0.25) is 0 Å². The van der Waals surface area contributed by atoms with E-state index < -0.39 is 7.37 Å². The molecule has 0 N–H and O–H groups in total. The Morgan fingerprint density at radius 3 is 2.28 bits per heavy atom. The smallest absolute Gasteiger partial charge is 0.133 e. The van der Waals surface area contributed by atoms with E-state index in [1.54, 1.807) is 7.11 Å². The number of hydrogen-bond donors (Lipinski definition) is 0. The Bertz CT molecular complexity index is 293. The molecule has 0 aliphatic heterocycles. The number of Topliss-reactive ketones (excluding diaryl/α,β-unsaturated/α-hetero) is 1. The third kappa shape index (κ3) is 10.5. The largest absolute Gasteiger partial charge is 0.381 e. The molecule has 0 amide bonds. The first-order valence-electron chi connectivity index (χ1n) is 5.74. The van der Waals surface area contributed by atoms with Gasteiger partial charge in [-0.2, -0.15) is 0 Å². The van der Waals surface area contributed by atoms with Gasteiger partial charge >= 0.3 is 0 Å². The van der Waals surface area contributed by atoms with Crippen LogP contribution in [0.1, 0.15) is 26.7 Å². The second kappa shape index (κ2) is 10.3. The van der Waals surface area contributed by atoms with Crippen LogP contribution in [0, 0.1) is 25.4 Å². The van der Waals surface area contributed by atoms with Gasteiger partial charge in [-0.3, -0.25) is 11.5 Å². The first-order valence-corrected chi connectivity index (χ1v) is 8.00. The zero-order valence-corrected chi connectivity index (χ0v) is 12.6. The number of ether oxygens (including phenoxy) is 1. The lowest BCUT2D eigenvalue weighted by Gasteiger charge is -2.25. The van der Waals surface area contributed by atoms with Crippen LogP contribution in [-0.2, 0) is 18.6 Å². The minimum atomic E-state index is -2.74. The Balaban J connectivity index is 0. The van der Waals surface area contributed by atoms with Crippen LogP contribution in [0.5, 0.6) is 0 Å². The number of methoxy groups -OCH3 is 1. The SMILES string of the molecule is C#C.[CH2-][P@@](C)(=O)OC[C@@H](CC(=O)CC)[C@@H](C)OC. The molecule has 18 heavy (non-hydrogen) atoms. The van der Waals surface area contributed by atoms with Crippen LogP contribution in [0.3, 0.4) is 0 Å². The fourth-order valence-electron chi connectivity index (χ4n) is 1.24. The minimum Gasteiger partial charge on any atom is -0.381 e.